The maximum absolute atomic E-state index is 4.81. The standard InChI is InChI=1S/C28H26Br4N4/c1-15(29)23-13-21-9-5-19-7-11-25(33-19)26-12-8-20(34-26)6-10-22-14-24(16(2)30)28(36(22)18(4)32)27(23)35(21)17(3)31/h5-18H,1-4H3. The molecule has 2 aliphatic heterocycles. The summed E-state index contributed by atoms with van der Waals surface area (Å²) >= 11 is 15.6. The largest absolute Gasteiger partial charge is 0.327 e. The summed E-state index contributed by atoms with van der Waals surface area (Å²) in [4.78, 5) is 10.1. The van der Waals surface area contributed by atoms with E-state index in [9.17, 15) is 0 Å². The molecule has 0 saturated heterocycles. The Morgan fingerprint density at radius 1 is 0.583 bits per heavy atom. The first-order valence-electron chi connectivity index (χ1n) is 11.9. The van der Waals surface area contributed by atoms with Crippen molar-refractivity contribution in [1.82, 2.24) is 19.1 Å². The Balaban J connectivity index is 2.08. The molecule has 4 unspecified atom stereocenters. The average molecular weight is 738 g/mol. The molecule has 3 aromatic rings. The second kappa shape index (κ2) is 10.4. The van der Waals surface area contributed by atoms with Crippen LogP contribution in [0.15, 0.2) is 36.4 Å². The number of alkyl halides is 4. The molecule has 0 aromatic carbocycles. The molecule has 0 fully saturated rings. The normalized spacial score (nSPS) is 16.2. The van der Waals surface area contributed by atoms with Gasteiger partial charge in [-0.05, 0) is 99.5 Å². The summed E-state index contributed by atoms with van der Waals surface area (Å²) in [6.07, 6.45) is 8.15. The summed E-state index contributed by atoms with van der Waals surface area (Å²) in [6.45, 7) is 8.71. The van der Waals surface area contributed by atoms with E-state index in [0.29, 0.717) is 0 Å². The van der Waals surface area contributed by atoms with Crippen LogP contribution in [0.4, 0.5) is 0 Å². The zero-order valence-corrected chi connectivity index (χ0v) is 26.7. The lowest BCUT2D eigenvalue weighted by atomic mass is 10.1. The number of nitrogens with zero attached hydrogens (tertiary/aromatic N) is 4. The minimum atomic E-state index is 0.0747. The van der Waals surface area contributed by atoms with E-state index in [1.54, 1.807) is 0 Å². The summed E-state index contributed by atoms with van der Waals surface area (Å²) in [6, 6.07) is 13.0. The molecule has 0 aliphatic carbocycles. The predicted octanol–water partition coefficient (Wildman–Crippen LogP) is 10.3. The van der Waals surface area contributed by atoms with Crippen molar-refractivity contribution in [3.05, 3.63) is 70.3 Å². The van der Waals surface area contributed by atoms with Crippen LogP contribution in [0.2, 0.25) is 0 Å². The maximum Gasteiger partial charge on any atom is 0.0894 e. The van der Waals surface area contributed by atoms with Gasteiger partial charge in [0.2, 0.25) is 0 Å². The van der Waals surface area contributed by atoms with Crippen LogP contribution < -0.4 is 0 Å². The van der Waals surface area contributed by atoms with E-state index < -0.39 is 0 Å². The Kier molecular flexibility index (Phi) is 7.52. The minimum Gasteiger partial charge on any atom is -0.327 e. The minimum absolute atomic E-state index is 0.0747. The van der Waals surface area contributed by atoms with Crippen molar-refractivity contribution in [2.24, 2.45) is 0 Å². The number of hydrogen-bond donors (Lipinski definition) is 0. The van der Waals surface area contributed by atoms with E-state index in [0.717, 1.165) is 33.8 Å². The van der Waals surface area contributed by atoms with Gasteiger partial charge in [-0.2, -0.15) is 0 Å². The number of halogens is 4. The molecule has 0 amide bonds. The lowest BCUT2D eigenvalue weighted by molar-refractivity contribution is 0.792. The van der Waals surface area contributed by atoms with Crippen LogP contribution in [0, 0.1) is 0 Å². The zero-order chi connectivity index (χ0) is 25.7. The molecule has 4 atom stereocenters. The van der Waals surface area contributed by atoms with Gasteiger partial charge in [0.25, 0.3) is 0 Å². The molecule has 3 aromatic heterocycles. The van der Waals surface area contributed by atoms with Crippen LogP contribution in [0.25, 0.3) is 46.4 Å². The predicted molar refractivity (Wildman–Crippen MR) is 168 cm³/mol. The third-order valence-electron chi connectivity index (χ3n) is 6.42. The lowest BCUT2D eigenvalue weighted by Gasteiger charge is -2.17. The van der Waals surface area contributed by atoms with Gasteiger partial charge in [-0.25, -0.2) is 9.97 Å². The topological polar surface area (TPSA) is 35.6 Å². The molecular weight excluding hydrogens is 712 g/mol. The number of fused-ring (bicyclic) bond motifs is 10. The van der Waals surface area contributed by atoms with Crippen molar-refractivity contribution in [1.29, 1.82) is 0 Å². The van der Waals surface area contributed by atoms with Crippen LogP contribution >= 0.6 is 63.7 Å². The molecule has 2 aliphatic rings. The molecule has 0 saturated carbocycles. The SMILES string of the molecule is CC(Br)c1cc2ccc3nc(c4nc(ccc5cc(C(C)Br)c(c1n2C(C)Br)n5C(C)Br)C=C4)C=C3. The highest BCUT2D eigenvalue weighted by molar-refractivity contribution is 9.09. The molecule has 0 spiro atoms. The molecule has 4 nitrogen and oxygen atoms in total. The van der Waals surface area contributed by atoms with Gasteiger partial charge >= 0.3 is 0 Å². The molecule has 8 bridgehead atoms. The van der Waals surface area contributed by atoms with Crippen molar-refractivity contribution in [2.75, 3.05) is 0 Å². The summed E-state index contributed by atoms with van der Waals surface area (Å²) in [5, 5.41) is 0. The van der Waals surface area contributed by atoms with Crippen molar-refractivity contribution in [3.8, 4) is 0 Å². The lowest BCUT2D eigenvalue weighted by Crippen LogP contribution is -2.04. The van der Waals surface area contributed by atoms with Crippen LogP contribution in [-0.4, -0.2) is 19.1 Å². The number of aromatic nitrogens is 4. The molecule has 5 heterocycles. The smallest absolute Gasteiger partial charge is 0.0894 e. The fourth-order valence-electron chi connectivity index (χ4n) is 4.83. The molecule has 0 N–H and O–H groups in total. The Bertz CT molecular complexity index is 1440. The third-order valence-corrected chi connectivity index (χ3v) is 8.23. The Labute approximate surface area is 245 Å². The quantitative estimate of drug-likeness (QED) is 0.172. The van der Waals surface area contributed by atoms with Crippen molar-refractivity contribution in [2.45, 2.75) is 47.3 Å². The van der Waals surface area contributed by atoms with Crippen molar-refractivity contribution < 1.29 is 0 Å². The molecule has 8 heteroatoms. The first kappa shape index (κ1) is 26.1. The Morgan fingerprint density at radius 2 is 0.972 bits per heavy atom. The van der Waals surface area contributed by atoms with E-state index in [2.05, 4.69) is 137 Å². The van der Waals surface area contributed by atoms with Gasteiger partial charge in [-0.15, -0.1) is 0 Å². The van der Waals surface area contributed by atoms with E-state index in [4.69, 9.17) is 9.97 Å². The Morgan fingerprint density at radius 3 is 1.31 bits per heavy atom. The fourth-order valence-corrected chi connectivity index (χ4v) is 6.41. The molecule has 5 rings (SSSR count). The monoisotopic (exact) mass is 734 g/mol. The highest BCUT2D eigenvalue weighted by Gasteiger charge is 2.23. The van der Waals surface area contributed by atoms with Crippen LogP contribution in [0.1, 0.15) is 81.2 Å². The molecule has 0 radical (unpaired) electrons. The van der Waals surface area contributed by atoms with Gasteiger partial charge in [0.15, 0.2) is 0 Å². The van der Waals surface area contributed by atoms with Gasteiger partial charge in [-0.1, -0.05) is 63.7 Å². The summed E-state index contributed by atoms with van der Waals surface area (Å²) in [5.41, 5.74) is 10.7. The van der Waals surface area contributed by atoms with E-state index in [1.807, 2.05) is 24.3 Å². The highest BCUT2D eigenvalue weighted by Crippen LogP contribution is 2.41. The second-order valence-corrected chi connectivity index (χ2v) is 14.4. The van der Waals surface area contributed by atoms with E-state index in [1.165, 1.54) is 22.2 Å². The van der Waals surface area contributed by atoms with Crippen molar-refractivity contribution in [3.63, 3.8) is 0 Å². The number of hydrogen-bond acceptors (Lipinski definition) is 2. The van der Waals surface area contributed by atoms with Gasteiger partial charge < -0.3 is 9.13 Å². The fraction of sp³-hybridized carbons (Fsp3) is 0.286. The van der Waals surface area contributed by atoms with Gasteiger partial charge in [0, 0.05) is 20.7 Å². The molecular formula is C28H26Br4N4. The summed E-state index contributed by atoms with van der Waals surface area (Å²) < 4.78 is 4.74. The average Bonchev–Trinajstić information content (AvgIpc) is 3.58. The summed E-state index contributed by atoms with van der Waals surface area (Å²) in [5.74, 6) is 0. The van der Waals surface area contributed by atoms with Crippen molar-refractivity contribution >= 4 is 110 Å². The maximum atomic E-state index is 4.81. The van der Waals surface area contributed by atoms with Crippen LogP contribution in [0.5, 0.6) is 0 Å². The summed E-state index contributed by atoms with van der Waals surface area (Å²) in [7, 11) is 0. The third kappa shape index (κ3) is 4.74. The Hall–Kier alpha value is -1.48. The van der Waals surface area contributed by atoms with E-state index in [-0.39, 0.29) is 19.6 Å². The second-order valence-electron chi connectivity index (χ2n) is 9.04. The molecule has 36 heavy (non-hydrogen) atoms. The van der Waals surface area contributed by atoms with Gasteiger partial charge in [0.1, 0.15) is 0 Å². The van der Waals surface area contributed by atoms with Crippen LogP contribution in [0.3, 0.4) is 0 Å². The number of rotatable bonds is 4. The highest BCUT2D eigenvalue weighted by atomic mass is 79.9. The van der Waals surface area contributed by atoms with Gasteiger partial charge in [-0.3, -0.25) is 0 Å². The van der Waals surface area contributed by atoms with Gasteiger partial charge in [0.05, 0.1) is 43.7 Å². The molecule has 186 valence electrons. The first-order chi connectivity index (χ1) is 17.2. The zero-order valence-electron chi connectivity index (χ0n) is 20.4. The first-order valence-corrected chi connectivity index (χ1v) is 15.5. The van der Waals surface area contributed by atoms with E-state index >= 15 is 0 Å². The van der Waals surface area contributed by atoms with Crippen LogP contribution in [-0.2, 0) is 0 Å².